The second-order valence-electron chi connectivity index (χ2n) is 5.86. The van der Waals surface area contributed by atoms with E-state index < -0.39 is 0 Å². The van der Waals surface area contributed by atoms with Gasteiger partial charge in [-0.3, -0.25) is 10.4 Å². The highest BCUT2D eigenvalue weighted by Gasteiger charge is 2.24. The highest BCUT2D eigenvalue weighted by molar-refractivity contribution is 6.04. The van der Waals surface area contributed by atoms with Crippen molar-refractivity contribution >= 4 is 17.3 Å². The molecule has 1 aliphatic carbocycles. The normalized spacial score (nSPS) is 18.4. The molecule has 1 N–H and O–H groups in total. The van der Waals surface area contributed by atoms with E-state index in [0.717, 1.165) is 49.5 Å². The van der Waals surface area contributed by atoms with Crippen LogP contribution in [0.25, 0.3) is 0 Å². The Kier molecular flexibility index (Phi) is 4.70. The highest BCUT2D eigenvalue weighted by Crippen LogP contribution is 2.40. The van der Waals surface area contributed by atoms with Gasteiger partial charge < -0.3 is 25.5 Å². The summed E-state index contributed by atoms with van der Waals surface area (Å²) < 4.78 is 0. The second-order valence-corrected chi connectivity index (χ2v) is 5.86. The summed E-state index contributed by atoms with van der Waals surface area (Å²) in [5, 5.41) is 26.3. The zero-order valence-corrected chi connectivity index (χ0v) is 13.7. The topological polar surface area (TPSA) is 80.2 Å². The number of anilines is 2. The quantitative estimate of drug-likeness (QED) is 0.894. The van der Waals surface area contributed by atoms with E-state index >= 15 is 0 Å². The van der Waals surface area contributed by atoms with Crippen LogP contribution in [0.3, 0.4) is 0 Å². The number of hydroxylamine groups is 1. The van der Waals surface area contributed by atoms with Crippen LogP contribution in [-0.2, 0) is 12.8 Å². The number of benzene rings is 1. The maximum absolute atomic E-state index is 12.5. The van der Waals surface area contributed by atoms with Crippen LogP contribution in [-0.4, -0.2) is 37.0 Å². The minimum atomic E-state index is 0.0672. The number of hydrogen-bond acceptors (Lipinski definition) is 5. The highest BCUT2D eigenvalue weighted by atomic mass is 16.6. The van der Waals surface area contributed by atoms with Crippen LogP contribution in [0.2, 0.25) is 0 Å². The molecule has 0 radical (unpaired) electrons. The lowest BCUT2D eigenvalue weighted by atomic mass is 10.1. The maximum atomic E-state index is 12.5. The largest absolute Gasteiger partial charge is 0.752 e. The van der Waals surface area contributed by atoms with Crippen molar-refractivity contribution in [3.8, 4) is 0 Å². The van der Waals surface area contributed by atoms with Gasteiger partial charge in [-0.25, -0.2) is 0 Å². The number of fused-ring (bicyclic) bond motifs is 3. The summed E-state index contributed by atoms with van der Waals surface area (Å²) in [5.74, 6) is 0.0672. The third kappa shape index (κ3) is 2.99. The zero-order chi connectivity index (χ0) is 16.4. The van der Waals surface area contributed by atoms with E-state index in [4.69, 9.17) is 0 Å². The minimum Gasteiger partial charge on any atom is -0.752 e. The first-order valence-corrected chi connectivity index (χ1v) is 8.28. The first-order chi connectivity index (χ1) is 11.2. The molecule has 23 heavy (non-hydrogen) atoms. The Morgan fingerprint density at radius 1 is 1.22 bits per heavy atom. The monoisotopic (exact) mass is 317 g/mol. The summed E-state index contributed by atoms with van der Waals surface area (Å²) >= 11 is 0. The molecule has 0 unspecified atom stereocenters. The predicted octanol–water partition coefficient (Wildman–Crippen LogP) is 2.00. The molecule has 0 fully saturated rings. The van der Waals surface area contributed by atoms with Crippen LogP contribution in [0.1, 0.15) is 31.4 Å². The smallest absolute Gasteiger partial charge is 0.206 e. The van der Waals surface area contributed by atoms with E-state index in [9.17, 15) is 10.4 Å². The molecule has 0 bridgehead atoms. The van der Waals surface area contributed by atoms with E-state index in [-0.39, 0.29) is 5.96 Å². The van der Waals surface area contributed by atoms with Gasteiger partial charge in [0.2, 0.25) is 5.96 Å². The van der Waals surface area contributed by atoms with E-state index in [1.54, 1.807) is 6.07 Å². The molecule has 0 aromatic heterocycles. The Bertz CT molecular complexity index is 600. The second kappa shape index (κ2) is 6.74. The van der Waals surface area contributed by atoms with Gasteiger partial charge >= 0.3 is 0 Å². The van der Waals surface area contributed by atoms with Gasteiger partial charge in [0.1, 0.15) is 0 Å². The number of hydrogen-bond donors (Lipinski definition) is 1. The standard InChI is InChI=1S/C16H23N5O2/c1-3-19(4-2)11-10-17-16-18-21(23)15-13-7-5-6-12(13)8-9-14(15)20(16)22/h8-9H,3-7,10-11H2,1-2H3,(H,17,18)/q-2. The number of hydrazine groups is 1. The zero-order valence-electron chi connectivity index (χ0n) is 13.7. The lowest BCUT2D eigenvalue weighted by Gasteiger charge is -2.47. The third-order valence-corrected chi connectivity index (χ3v) is 4.62. The van der Waals surface area contributed by atoms with Gasteiger partial charge in [0.15, 0.2) is 0 Å². The molecule has 126 valence electrons. The van der Waals surface area contributed by atoms with E-state index in [0.29, 0.717) is 23.1 Å². The van der Waals surface area contributed by atoms with Crippen LogP contribution in [0.15, 0.2) is 17.1 Å². The average molecular weight is 317 g/mol. The average Bonchev–Trinajstić information content (AvgIpc) is 3.03. The summed E-state index contributed by atoms with van der Waals surface area (Å²) in [5.41, 5.74) is 5.59. The van der Waals surface area contributed by atoms with Crippen molar-refractivity contribution in [1.29, 1.82) is 0 Å². The Balaban J connectivity index is 1.80. The van der Waals surface area contributed by atoms with Gasteiger partial charge in [0.05, 0.1) is 17.9 Å². The Labute approximate surface area is 136 Å². The molecular formula is C16H23N5O2-2. The molecular weight excluding hydrogens is 294 g/mol. The van der Waals surface area contributed by atoms with Crippen molar-refractivity contribution < 1.29 is 0 Å². The number of aliphatic imine (C=N–C) groups is 1. The van der Waals surface area contributed by atoms with Gasteiger partial charge in [0.25, 0.3) is 0 Å². The van der Waals surface area contributed by atoms with Crippen LogP contribution in [0.4, 0.5) is 11.4 Å². The van der Waals surface area contributed by atoms with Crippen molar-refractivity contribution in [3.05, 3.63) is 33.7 Å². The number of rotatable bonds is 5. The number of nitrogens with one attached hydrogen (secondary N) is 1. The molecule has 2 aliphatic rings. The fourth-order valence-corrected chi connectivity index (χ4v) is 3.27. The van der Waals surface area contributed by atoms with Crippen molar-refractivity contribution in [1.82, 2.24) is 10.3 Å². The molecule has 7 nitrogen and oxygen atoms in total. The van der Waals surface area contributed by atoms with Crippen molar-refractivity contribution in [2.45, 2.75) is 33.1 Å². The van der Waals surface area contributed by atoms with E-state index in [1.165, 1.54) is 5.56 Å². The van der Waals surface area contributed by atoms with Gasteiger partial charge in [-0.1, -0.05) is 19.9 Å². The van der Waals surface area contributed by atoms with Gasteiger partial charge in [-0.2, -0.15) is 0 Å². The number of guanidine groups is 1. The van der Waals surface area contributed by atoms with Crippen LogP contribution >= 0.6 is 0 Å². The Morgan fingerprint density at radius 3 is 2.74 bits per heavy atom. The van der Waals surface area contributed by atoms with Crippen molar-refractivity contribution in [3.63, 3.8) is 0 Å². The summed E-state index contributed by atoms with van der Waals surface area (Å²) in [6, 6.07) is 3.69. The first kappa shape index (κ1) is 16.0. The molecule has 3 rings (SSSR count). The van der Waals surface area contributed by atoms with Gasteiger partial charge in [-0.15, -0.1) is 0 Å². The Morgan fingerprint density at radius 2 is 2.00 bits per heavy atom. The predicted molar refractivity (Wildman–Crippen MR) is 93.4 cm³/mol. The maximum Gasteiger partial charge on any atom is 0.206 e. The minimum absolute atomic E-state index is 0.0672. The fraction of sp³-hybridized carbons (Fsp3) is 0.562. The fourth-order valence-electron chi connectivity index (χ4n) is 3.27. The van der Waals surface area contributed by atoms with E-state index in [2.05, 4.69) is 29.2 Å². The van der Waals surface area contributed by atoms with Gasteiger partial charge in [0, 0.05) is 6.54 Å². The van der Waals surface area contributed by atoms with Crippen LogP contribution in [0.5, 0.6) is 0 Å². The summed E-state index contributed by atoms with van der Waals surface area (Å²) in [4.78, 5) is 6.50. The third-order valence-electron chi connectivity index (χ3n) is 4.62. The van der Waals surface area contributed by atoms with Crippen LogP contribution < -0.4 is 15.7 Å². The molecule has 1 aromatic rings. The summed E-state index contributed by atoms with van der Waals surface area (Å²) in [6.45, 7) is 7.31. The molecule has 0 saturated carbocycles. The molecule has 7 heteroatoms. The summed E-state index contributed by atoms with van der Waals surface area (Å²) in [6.07, 6.45) is 2.85. The molecule has 1 heterocycles. The lowest BCUT2D eigenvalue weighted by molar-refractivity contribution is 0.313. The molecule has 1 aromatic carbocycles. The first-order valence-electron chi connectivity index (χ1n) is 8.28. The lowest BCUT2D eigenvalue weighted by Crippen LogP contribution is -2.51. The summed E-state index contributed by atoms with van der Waals surface area (Å²) in [7, 11) is 0. The SMILES string of the molecule is CCN(CC)CCN=C1NN([O-])c2c(ccc3c2CCC3)N1[O-]. The molecule has 0 atom stereocenters. The number of likely N-dealkylation sites (N-methyl/N-ethyl adjacent to an activating group) is 1. The van der Waals surface area contributed by atoms with E-state index in [1.807, 2.05) is 6.07 Å². The van der Waals surface area contributed by atoms with Gasteiger partial charge in [-0.05, 0) is 49.5 Å². The Hall–Kier alpha value is -1.83. The number of aryl methyl sites for hydroxylation is 1. The molecule has 0 spiro atoms. The van der Waals surface area contributed by atoms with Crippen molar-refractivity contribution in [2.24, 2.45) is 4.99 Å². The van der Waals surface area contributed by atoms with Crippen molar-refractivity contribution in [2.75, 3.05) is 36.4 Å². The number of nitrogens with zero attached hydrogens (tertiary/aromatic N) is 4. The molecule has 1 aliphatic heterocycles. The molecule has 0 saturated heterocycles. The molecule has 0 amide bonds. The van der Waals surface area contributed by atoms with Crippen LogP contribution in [0, 0.1) is 10.4 Å².